The first-order valence-corrected chi connectivity index (χ1v) is 16.3. The van der Waals surface area contributed by atoms with Crippen molar-refractivity contribution >= 4 is 23.9 Å². The highest BCUT2D eigenvalue weighted by Crippen LogP contribution is 2.31. The summed E-state index contributed by atoms with van der Waals surface area (Å²) in [6.45, 7) is 10.7. The Labute approximate surface area is 297 Å². The number of carbonyl (C=O) groups excluding carboxylic acids is 3. The number of aryl methyl sites for hydroxylation is 2. The van der Waals surface area contributed by atoms with Gasteiger partial charge < -0.3 is 40.3 Å². The van der Waals surface area contributed by atoms with E-state index in [0.717, 1.165) is 16.7 Å². The fourth-order valence-electron chi connectivity index (χ4n) is 5.76. The Morgan fingerprint density at radius 2 is 1.63 bits per heavy atom. The van der Waals surface area contributed by atoms with Crippen molar-refractivity contribution in [3.8, 4) is 22.8 Å². The van der Waals surface area contributed by atoms with Gasteiger partial charge in [0, 0.05) is 24.1 Å². The molecule has 1 heterocycles. The standard InChI is InChI=1S/C38H45N5O8/c1-21-14-27(33(39)44)15-22(2)28(21)18-29(42-37(48)51-38(4,5)6)35(45)43(20-24-12-13-31(49-7)32(16-24)50-8)23(3)34-40-19-30(41-34)25-10-9-11-26(17-25)36(46)47/h9-17,19,23,29H,18,20H2,1-8H3,(H2,39,44)(H,40,41)(H,42,48)(H,46,47)/t23-,29-/m0/s1. The van der Waals surface area contributed by atoms with E-state index in [1.165, 1.54) is 26.4 Å². The van der Waals surface area contributed by atoms with Crippen molar-refractivity contribution in [3.63, 3.8) is 0 Å². The van der Waals surface area contributed by atoms with Crippen molar-refractivity contribution in [2.75, 3.05) is 14.2 Å². The van der Waals surface area contributed by atoms with Crippen LogP contribution in [0.3, 0.4) is 0 Å². The summed E-state index contributed by atoms with van der Waals surface area (Å²) in [7, 11) is 3.05. The Bertz CT molecular complexity index is 1910. The molecule has 4 rings (SSSR count). The highest BCUT2D eigenvalue weighted by atomic mass is 16.6. The van der Waals surface area contributed by atoms with Gasteiger partial charge in [0.1, 0.15) is 17.5 Å². The molecule has 0 fully saturated rings. The number of hydrogen-bond acceptors (Lipinski definition) is 8. The van der Waals surface area contributed by atoms with Crippen LogP contribution in [0.5, 0.6) is 11.5 Å². The van der Waals surface area contributed by atoms with E-state index < -0.39 is 41.6 Å². The first kappa shape index (κ1) is 38.0. The Morgan fingerprint density at radius 3 is 2.22 bits per heavy atom. The van der Waals surface area contributed by atoms with Crippen LogP contribution < -0.4 is 20.5 Å². The fraction of sp³-hybridized carbons (Fsp3) is 0.342. The van der Waals surface area contributed by atoms with Crippen LogP contribution in [0.2, 0.25) is 0 Å². The number of methoxy groups -OCH3 is 2. The molecule has 13 heteroatoms. The second-order valence-electron chi connectivity index (χ2n) is 13.3. The van der Waals surface area contributed by atoms with E-state index in [-0.39, 0.29) is 18.5 Å². The number of amides is 3. The van der Waals surface area contributed by atoms with Gasteiger partial charge in [-0.25, -0.2) is 14.6 Å². The van der Waals surface area contributed by atoms with Gasteiger partial charge in [-0.3, -0.25) is 9.59 Å². The second-order valence-corrected chi connectivity index (χ2v) is 13.3. The third-order valence-electron chi connectivity index (χ3n) is 8.34. The molecule has 1 aromatic heterocycles. The zero-order valence-corrected chi connectivity index (χ0v) is 30.1. The lowest BCUT2D eigenvalue weighted by atomic mass is 9.93. The van der Waals surface area contributed by atoms with Crippen LogP contribution in [0.25, 0.3) is 11.3 Å². The number of nitrogens with two attached hydrogens (primary N) is 1. The Balaban J connectivity index is 1.80. The molecule has 270 valence electrons. The number of primary amides is 1. The van der Waals surface area contributed by atoms with Crippen LogP contribution in [0.15, 0.2) is 60.8 Å². The molecule has 0 aliphatic heterocycles. The number of nitrogens with one attached hydrogen (secondary N) is 2. The van der Waals surface area contributed by atoms with E-state index in [1.807, 2.05) is 19.9 Å². The fourth-order valence-corrected chi connectivity index (χ4v) is 5.76. The second kappa shape index (κ2) is 15.8. The minimum Gasteiger partial charge on any atom is -0.493 e. The topological polar surface area (TPSA) is 186 Å². The minimum absolute atomic E-state index is 0.0787. The molecule has 0 saturated carbocycles. The van der Waals surface area contributed by atoms with Crippen LogP contribution in [0.4, 0.5) is 4.79 Å². The molecule has 2 atom stereocenters. The molecule has 3 aromatic carbocycles. The monoisotopic (exact) mass is 699 g/mol. The highest BCUT2D eigenvalue weighted by Gasteiger charge is 2.33. The number of imidazole rings is 1. The summed E-state index contributed by atoms with van der Waals surface area (Å²) in [5.41, 5.74) is 9.26. The number of rotatable bonds is 13. The highest BCUT2D eigenvalue weighted by molar-refractivity contribution is 5.93. The summed E-state index contributed by atoms with van der Waals surface area (Å²) in [6.07, 6.45) is 0.882. The number of ether oxygens (including phenoxy) is 3. The van der Waals surface area contributed by atoms with Crippen LogP contribution >= 0.6 is 0 Å². The number of carboxylic acid groups (broad SMARTS) is 1. The smallest absolute Gasteiger partial charge is 0.408 e. The molecule has 51 heavy (non-hydrogen) atoms. The summed E-state index contributed by atoms with van der Waals surface area (Å²) in [5, 5.41) is 12.3. The van der Waals surface area contributed by atoms with E-state index in [0.29, 0.717) is 39.7 Å². The third kappa shape index (κ3) is 9.44. The first-order chi connectivity index (χ1) is 24.0. The first-order valence-electron chi connectivity index (χ1n) is 16.3. The Hall–Kier alpha value is -5.85. The predicted molar refractivity (Wildman–Crippen MR) is 191 cm³/mol. The molecule has 0 unspecified atom stereocenters. The summed E-state index contributed by atoms with van der Waals surface area (Å²) in [4.78, 5) is 61.1. The third-order valence-corrected chi connectivity index (χ3v) is 8.34. The van der Waals surface area contributed by atoms with Gasteiger partial charge in [0.05, 0.1) is 37.7 Å². The normalized spacial score (nSPS) is 12.4. The van der Waals surface area contributed by atoms with E-state index in [9.17, 15) is 24.3 Å². The van der Waals surface area contributed by atoms with Crippen LogP contribution in [-0.2, 0) is 22.5 Å². The summed E-state index contributed by atoms with van der Waals surface area (Å²) < 4.78 is 16.5. The number of benzene rings is 3. The number of aromatic nitrogens is 2. The number of aromatic carboxylic acids is 1. The molecule has 0 radical (unpaired) electrons. The molecule has 5 N–H and O–H groups in total. The average Bonchev–Trinajstić information content (AvgIpc) is 3.57. The molecular formula is C38H45N5O8. The van der Waals surface area contributed by atoms with Crippen molar-refractivity contribution in [2.24, 2.45) is 5.73 Å². The van der Waals surface area contributed by atoms with Crippen molar-refractivity contribution in [1.29, 1.82) is 0 Å². The minimum atomic E-state index is -1.11. The number of aromatic amines is 1. The quantitative estimate of drug-likeness (QED) is 0.135. The summed E-state index contributed by atoms with van der Waals surface area (Å²) in [5.74, 6) is -0.663. The van der Waals surface area contributed by atoms with Gasteiger partial charge in [0.25, 0.3) is 0 Å². The molecule has 0 saturated heterocycles. The number of alkyl carbamates (subject to hydrolysis) is 1. The molecule has 13 nitrogen and oxygen atoms in total. The molecule has 0 aliphatic carbocycles. The maximum Gasteiger partial charge on any atom is 0.408 e. The largest absolute Gasteiger partial charge is 0.493 e. The maximum atomic E-state index is 14.9. The lowest BCUT2D eigenvalue weighted by molar-refractivity contribution is -0.136. The van der Waals surface area contributed by atoms with E-state index in [1.54, 1.807) is 75.2 Å². The molecule has 0 aliphatic rings. The SMILES string of the molecule is COc1ccc(CN(C(=O)[C@H](Cc2c(C)cc(C(N)=O)cc2C)NC(=O)OC(C)(C)C)[C@@H](C)c2ncc(-c3cccc(C(=O)O)c3)[nH]2)cc1OC. The van der Waals surface area contributed by atoms with Gasteiger partial charge in [0.2, 0.25) is 11.8 Å². The molecule has 3 amide bonds. The van der Waals surface area contributed by atoms with Gasteiger partial charge >= 0.3 is 12.1 Å². The zero-order valence-electron chi connectivity index (χ0n) is 30.1. The van der Waals surface area contributed by atoms with Crippen molar-refractivity contribution in [2.45, 2.75) is 72.2 Å². The van der Waals surface area contributed by atoms with Gasteiger partial charge in [0.15, 0.2) is 11.5 Å². The van der Waals surface area contributed by atoms with Gasteiger partial charge in [-0.1, -0.05) is 18.2 Å². The molecule has 4 aromatic rings. The zero-order chi connectivity index (χ0) is 37.6. The van der Waals surface area contributed by atoms with E-state index in [4.69, 9.17) is 19.9 Å². The number of H-pyrrole nitrogens is 1. The summed E-state index contributed by atoms with van der Waals surface area (Å²) in [6, 6.07) is 13.3. The average molecular weight is 700 g/mol. The van der Waals surface area contributed by atoms with Crippen LogP contribution in [0.1, 0.15) is 82.5 Å². The number of nitrogens with zero attached hydrogens (tertiary/aromatic N) is 2. The molecular weight excluding hydrogens is 654 g/mol. The van der Waals surface area contributed by atoms with E-state index >= 15 is 0 Å². The maximum absolute atomic E-state index is 14.9. The van der Waals surface area contributed by atoms with Gasteiger partial charge in [-0.05, 0) is 100 Å². The van der Waals surface area contributed by atoms with Crippen molar-refractivity contribution in [1.82, 2.24) is 20.2 Å². The number of carbonyl (C=O) groups is 4. The predicted octanol–water partition coefficient (Wildman–Crippen LogP) is 5.73. The van der Waals surface area contributed by atoms with Crippen LogP contribution in [0, 0.1) is 13.8 Å². The Kier molecular flexibility index (Phi) is 11.8. The Morgan fingerprint density at radius 1 is 0.961 bits per heavy atom. The van der Waals surface area contributed by atoms with Crippen molar-refractivity contribution in [3.05, 3.63) is 100.0 Å². The van der Waals surface area contributed by atoms with Crippen molar-refractivity contribution < 1.29 is 38.5 Å². The lowest BCUT2D eigenvalue weighted by Gasteiger charge is -2.33. The molecule has 0 bridgehead atoms. The van der Waals surface area contributed by atoms with Crippen LogP contribution in [-0.4, -0.2) is 69.7 Å². The van der Waals surface area contributed by atoms with Gasteiger partial charge in [-0.2, -0.15) is 0 Å². The molecule has 0 spiro atoms. The lowest BCUT2D eigenvalue weighted by Crippen LogP contribution is -2.51. The summed E-state index contributed by atoms with van der Waals surface area (Å²) >= 11 is 0. The van der Waals surface area contributed by atoms with Gasteiger partial charge in [-0.15, -0.1) is 0 Å². The number of hydrogen-bond donors (Lipinski definition) is 4. The number of carboxylic acids is 1. The van der Waals surface area contributed by atoms with E-state index in [2.05, 4.69) is 15.3 Å².